The molecule has 0 radical (unpaired) electrons. The van der Waals surface area contributed by atoms with Crippen molar-refractivity contribution in [3.05, 3.63) is 34.6 Å². The fourth-order valence-corrected chi connectivity index (χ4v) is 0.882. The predicted octanol–water partition coefficient (Wildman–Crippen LogP) is 1.47. The van der Waals surface area contributed by atoms with Crippen molar-refractivity contribution >= 4 is 0 Å². The van der Waals surface area contributed by atoms with Crippen molar-refractivity contribution < 1.29 is 9.47 Å². The Bertz CT molecular complexity index is 297. The lowest BCUT2D eigenvalue weighted by Gasteiger charge is -1.95. The van der Waals surface area contributed by atoms with Gasteiger partial charge in [0.15, 0.2) is 5.76 Å². The quantitative estimate of drug-likeness (QED) is 0.467. The highest BCUT2D eigenvalue weighted by molar-refractivity contribution is 5.33. The van der Waals surface area contributed by atoms with Crippen molar-refractivity contribution in [1.82, 2.24) is 0 Å². The Kier molecular flexibility index (Phi) is 0.983. The lowest BCUT2D eigenvalue weighted by molar-refractivity contribution is 0.0979. The van der Waals surface area contributed by atoms with Gasteiger partial charge in [-0.05, 0) is 18.7 Å². The minimum atomic E-state index is 0.309. The van der Waals surface area contributed by atoms with Gasteiger partial charge in [-0.3, -0.25) is 0 Å². The number of fused-ring (bicyclic) bond motifs is 1. The highest BCUT2D eigenvalue weighted by Crippen LogP contribution is 2.22. The van der Waals surface area contributed by atoms with E-state index in [0.717, 1.165) is 11.3 Å². The van der Waals surface area contributed by atoms with Crippen LogP contribution in [0.5, 0.6) is 0 Å². The third kappa shape index (κ3) is 0.679. The molecule has 50 valence electrons. The molecule has 0 saturated carbocycles. The monoisotopic (exact) mass is 134 g/mol. The maximum Gasteiger partial charge on any atom is 0.232 e. The number of allylic oxidation sites excluding steroid dienone is 2. The third-order valence-corrected chi connectivity index (χ3v) is 1.36. The minimum absolute atomic E-state index is 0.309. The average Bonchev–Trinajstić information content (AvgIpc) is 2.33. The van der Waals surface area contributed by atoms with Crippen LogP contribution in [-0.2, 0) is 9.47 Å². The number of ether oxygens (including phenoxy) is 2. The first-order valence-electron chi connectivity index (χ1n) is 3.06. The van der Waals surface area contributed by atoms with E-state index in [0.29, 0.717) is 12.6 Å². The number of hydrogen-bond donors (Lipinski definition) is 0. The standard InChI is InChI=1S/C8H6O2/c1-6-2-3-7-8(4-6)10-5-9-7/h4H,5H2,1H3. The third-order valence-electron chi connectivity index (χ3n) is 1.36. The minimum Gasteiger partial charge on any atom is -0.453 e. The molecule has 0 N–H and O–H groups in total. The summed E-state index contributed by atoms with van der Waals surface area (Å²) in [4.78, 5) is 0. The Morgan fingerprint density at radius 2 is 2.30 bits per heavy atom. The van der Waals surface area contributed by atoms with Gasteiger partial charge in [-0.25, -0.2) is 0 Å². The molecule has 1 saturated heterocycles. The smallest absolute Gasteiger partial charge is 0.232 e. The summed E-state index contributed by atoms with van der Waals surface area (Å²) in [6.07, 6.45) is 1.89. The maximum atomic E-state index is 5.11. The highest BCUT2D eigenvalue weighted by atomic mass is 16.7. The SMILES string of the molecule is CC1=C=C=C2OCOC2=C1. The molecule has 0 bridgehead atoms. The van der Waals surface area contributed by atoms with Crippen LogP contribution in [0.3, 0.4) is 0 Å². The van der Waals surface area contributed by atoms with Crippen LogP contribution in [0, 0.1) is 0 Å². The van der Waals surface area contributed by atoms with E-state index in [1.54, 1.807) is 0 Å². The molecule has 2 aliphatic rings. The first-order chi connectivity index (χ1) is 4.86. The van der Waals surface area contributed by atoms with Gasteiger partial charge in [-0.15, -0.1) is 0 Å². The molecule has 2 nitrogen and oxygen atoms in total. The molecule has 0 spiro atoms. The highest BCUT2D eigenvalue weighted by Gasteiger charge is 2.16. The maximum absolute atomic E-state index is 5.11. The first kappa shape index (κ1) is 5.43. The van der Waals surface area contributed by atoms with E-state index in [1.807, 2.05) is 13.0 Å². The molecule has 1 aliphatic carbocycles. The lowest BCUT2D eigenvalue weighted by Crippen LogP contribution is -1.83. The predicted molar refractivity (Wildman–Crippen MR) is 34.8 cm³/mol. The molecule has 0 aromatic heterocycles. The van der Waals surface area contributed by atoms with Gasteiger partial charge in [0.2, 0.25) is 12.6 Å². The van der Waals surface area contributed by atoms with E-state index in [1.165, 1.54) is 0 Å². The van der Waals surface area contributed by atoms with Crippen LogP contribution in [0.4, 0.5) is 0 Å². The molecule has 0 aromatic carbocycles. The van der Waals surface area contributed by atoms with Crippen LogP contribution in [0.2, 0.25) is 0 Å². The van der Waals surface area contributed by atoms with Gasteiger partial charge in [0.1, 0.15) is 0 Å². The second-order valence-corrected chi connectivity index (χ2v) is 2.18. The molecule has 2 heteroatoms. The fourth-order valence-electron chi connectivity index (χ4n) is 0.882. The van der Waals surface area contributed by atoms with Crippen molar-refractivity contribution in [2.45, 2.75) is 6.92 Å². The van der Waals surface area contributed by atoms with Crippen molar-refractivity contribution in [3.63, 3.8) is 0 Å². The summed E-state index contributed by atoms with van der Waals surface area (Å²) >= 11 is 0. The van der Waals surface area contributed by atoms with Crippen LogP contribution in [0.15, 0.2) is 34.6 Å². The van der Waals surface area contributed by atoms with Crippen LogP contribution in [0.25, 0.3) is 0 Å². The molecule has 0 amide bonds. The fraction of sp³-hybridized carbons (Fsp3) is 0.250. The molecule has 0 aromatic rings. The summed E-state index contributed by atoms with van der Waals surface area (Å²) in [6.45, 7) is 2.25. The Balaban J connectivity index is 2.56. The topological polar surface area (TPSA) is 18.5 Å². The average molecular weight is 134 g/mol. The van der Waals surface area contributed by atoms with Gasteiger partial charge in [-0.1, -0.05) is 5.73 Å². The normalized spacial score (nSPS) is 19.9. The van der Waals surface area contributed by atoms with Crippen molar-refractivity contribution in [2.24, 2.45) is 0 Å². The second kappa shape index (κ2) is 1.81. The van der Waals surface area contributed by atoms with E-state index < -0.39 is 0 Å². The lowest BCUT2D eigenvalue weighted by atomic mass is 10.2. The Hall–Kier alpha value is -1.36. The Morgan fingerprint density at radius 3 is 3.20 bits per heavy atom. The van der Waals surface area contributed by atoms with E-state index in [-0.39, 0.29) is 0 Å². The van der Waals surface area contributed by atoms with Crippen LogP contribution in [-0.4, -0.2) is 6.79 Å². The van der Waals surface area contributed by atoms with Gasteiger partial charge in [0.05, 0.1) is 0 Å². The summed E-state index contributed by atoms with van der Waals surface area (Å²) < 4.78 is 10.2. The largest absolute Gasteiger partial charge is 0.453 e. The van der Waals surface area contributed by atoms with Gasteiger partial charge in [-0.2, -0.15) is 0 Å². The first-order valence-corrected chi connectivity index (χ1v) is 3.06. The summed E-state index contributed by atoms with van der Waals surface area (Å²) in [5.74, 6) is 1.45. The van der Waals surface area contributed by atoms with Gasteiger partial charge < -0.3 is 9.47 Å². The Morgan fingerprint density at radius 1 is 1.40 bits per heavy atom. The summed E-state index contributed by atoms with van der Waals surface area (Å²) in [6, 6.07) is 0. The molecule has 0 atom stereocenters. The van der Waals surface area contributed by atoms with Gasteiger partial charge in [0.25, 0.3) is 0 Å². The zero-order valence-corrected chi connectivity index (χ0v) is 5.60. The molecular formula is C8H6O2. The summed E-state index contributed by atoms with van der Waals surface area (Å²) in [5, 5.41) is 0. The zero-order chi connectivity index (χ0) is 6.97. The molecule has 1 aliphatic heterocycles. The molecule has 2 rings (SSSR count). The molecule has 0 unspecified atom stereocenters. The summed E-state index contributed by atoms with van der Waals surface area (Å²) in [7, 11) is 0. The van der Waals surface area contributed by atoms with E-state index in [4.69, 9.17) is 9.47 Å². The van der Waals surface area contributed by atoms with Gasteiger partial charge >= 0.3 is 0 Å². The van der Waals surface area contributed by atoms with Crippen LogP contribution in [0.1, 0.15) is 6.92 Å². The molecular weight excluding hydrogens is 128 g/mol. The second-order valence-electron chi connectivity index (χ2n) is 2.18. The van der Waals surface area contributed by atoms with Crippen molar-refractivity contribution in [3.8, 4) is 0 Å². The number of hydrogen-bond acceptors (Lipinski definition) is 2. The zero-order valence-electron chi connectivity index (χ0n) is 5.60. The Labute approximate surface area is 58.8 Å². The molecule has 10 heavy (non-hydrogen) atoms. The van der Waals surface area contributed by atoms with E-state index in [2.05, 4.69) is 11.5 Å². The van der Waals surface area contributed by atoms with E-state index >= 15 is 0 Å². The molecule has 1 heterocycles. The number of rotatable bonds is 0. The summed E-state index contributed by atoms with van der Waals surface area (Å²) in [5.41, 5.74) is 6.76. The van der Waals surface area contributed by atoms with Crippen LogP contribution < -0.4 is 0 Å². The molecule has 1 fully saturated rings. The van der Waals surface area contributed by atoms with Crippen molar-refractivity contribution in [1.29, 1.82) is 0 Å². The van der Waals surface area contributed by atoms with E-state index in [9.17, 15) is 0 Å². The van der Waals surface area contributed by atoms with Gasteiger partial charge in [0, 0.05) is 5.57 Å². The van der Waals surface area contributed by atoms with Crippen molar-refractivity contribution in [2.75, 3.05) is 6.79 Å². The van der Waals surface area contributed by atoms with Crippen LogP contribution >= 0.6 is 0 Å².